The highest BCUT2D eigenvalue weighted by molar-refractivity contribution is 6.09. The third-order valence-electron chi connectivity index (χ3n) is 4.51. The quantitative estimate of drug-likeness (QED) is 0.470. The molecule has 0 saturated heterocycles. The SMILES string of the molecule is CCOC(=O)Oc1c[nH]c2c(=O)[nH]c3ccc(-c4cccc(CO)c4)cc3c12. The molecule has 0 aliphatic carbocycles. The Morgan fingerprint density at radius 2 is 1.96 bits per heavy atom. The molecule has 0 radical (unpaired) electrons. The number of hydrogen-bond acceptors (Lipinski definition) is 5. The molecule has 0 aliphatic rings. The highest BCUT2D eigenvalue weighted by Gasteiger charge is 2.16. The highest BCUT2D eigenvalue weighted by atomic mass is 16.7. The van der Waals surface area contributed by atoms with Gasteiger partial charge in [0.05, 0.1) is 18.6 Å². The zero-order chi connectivity index (χ0) is 19.7. The van der Waals surface area contributed by atoms with Crippen molar-refractivity contribution in [2.75, 3.05) is 6.61 Å². The van der Waals surface area contributed by atoms with E-state index in [0.717, 1.165) is 22.1 Å². The number of rotatable bonds is 4. The summed E-state index contributed by atoms with van der Waals surface area (Å²) in [7, 11) is 0. The van der Waals surface area contributed by atoms with E-state index < -0.39 is 6.16 Å². The number of nitrogens with one attached hydrogen (secondary N) is 2. The molecule has 2 aromatic carbocycles. The van der Waals surface area contributed by atoms with Crippen LogP contribution in [0.4, 0.5) is 4.79 Å². The summed E-state index contributed by atoms with van der Waals surface area (Å²) in [6.07, 6.45) is 0.638. The van der Waals surface area contributed by atoms with Crippen LogP contribution in [-0.2, 0) is 11.3 Å². The van der Waals surface area contributed by atoms with Crippen LogP contribution >= 0.6 is 0 Å². The lowest BCUT2D eigenvalue weighted by molar-refractivity contribution is 0.105. The van der Waals surface area contributed by atoms with Gasteiger partial charge in [-0.1, -0.05) is 24.3 Å². The molecule has 4 aromatic rings. The Balaban J connectivity index is 1.92. The summed E-state index contributed by atoms with van der Waals surface area (Å²) in [5, 5.41) is 10.6. The number of aromatic amines is 2. The van der Waals surface area contributed by atoms with Crippen LogP contribution in [0.5, 0.6) is 5.75 Å². The first kappa shape index (κ1) is 17.8. The number of aliphatic hydroxyl groups excluding tert-OH is 1. The zero-order valence-corrected chi connectivity index (χ0v) is 15.1. The third-order valence-corrected chi connectivity index (χ3v) is 4.51. The maximum atomic E-state index is 12.4. The number of ether oxygens (including phenoxy) is 2. The predicted octanol–water partition coefficient (Wildman–Crippen LogP) is 3.70. The number of pyridine rings is 1. The molecule has 0 bridgehead atoms. The van der Waals surface area contributed by atoms with Gasteiger partial charge in [-0.2, -0.15) is 0 Å². The van der Waals surface area contributed by atoms with Crippen LogP contribution in [0.25, 0.3) is 32.9 Å². The molecule has 28 heavy (non-hydrogen) atoms. The molecule has 0 atom stereocenters. The molecular formula is C21H18N2O5. The fourth-order valence-corrected chi connectivity index (χ4v) is 3.24. The van der Waals surface area contributed by atoms with Crippen LogP contribution in [0.2, 0.25) is 0 Å². The van der Waals surface area contributed by atoms with Gasteiger partial charge in [0.1, 0.15) is 5.52 Å². The molecule has 0 aliphatic heterocycles. The minimum absolute atomic E-state index is 0.0473. The molecule has 0 unspecified atom stereocenters. The predicted molar refractivity (Wildman–Crippen MR) is 105 cm³/mol. The lowest BCUT2D eigenvalue weighted by Gasteiger charge is -2.08. The molecule has 0 spiro atoms. The molecular weight excluding hydrogens is 360 g/mol. The van der Waals surface area contributed by atoms with Crippen molar-refractivity contribution in [3.63, 3.8) is 0 Å². The van der Waals surface area contributed by atoms with Gasteiger partial charge in [-0.3, -0.25) is 4.79 Å². The Bertz CT molecular complexity index is 1240. The molecule has 2 aromatic heterocycles. The van der Waals surface area contributed by atoms with Crippen LogP contribution in [0.1, 0.15) is 12.5 Å². The standard InChI is InChI=1S/C21H18N2O5/c1-2-27-21(26)28-17-10-22-19-18(17)15-9-14(6-7-16(15)23-20(19)25)13-5-3-4-12(8-13)11-24/h3-10,22,24H,2,11H2,1H3,(H,23,25). The van der Waals surface area contributed by atoms with Gasteiger partial charge in [-0.05, 0) is 41.8 Å². The molecule has 142 valence electrons. The van der Waals surface area contributed by atoms with Crippen LogP contribution < -0.4 is 10.3 Å². The van der Waals surface area contributed by atoms with E-state index in [2.05, 4.69) is 9.97 Å². The molecule has 7 nitrogen and oxygen atoms in total. The smallest absolute Gasteiger partial charge is 0.434 e. The Morgan fingerprint density at radius 3 is 2.75 bits per heavy atom. The first-order chi connectivity index (χ1) is 13.6. The number of fused-ring (bicyclic) bond motifs is 3. The lowest BCUT2D eigenvalue weighted by atomic mass is 10.00. The molecule has 0 fully saturated rings. The van der Waals surface area contributed by atoms with Crippen LogP contribution in [0, 0.1) is 0 Å². The summed E-state index contributed by atoms with van der Waals surface area (Å²) in [6.45, 7) is 1.82. The van der Waals surface area contributed by atoms with Crippen molar-refractivity contribution in [1.29, 1.82) is 0 Å². The Hall–Kier alpha value is -3.58. The van der Waals surface area contributed by atoms with Gasteiger partial charge >= 0.3 is 6.16 Å². The summed E-state index contributed by atoms with van der Waals surface area (Å²) in [5.74, 6) is 0.228. The second-order valence-electron chi connectivity index (χ2n) is 6.26. The number of carbonyl (C=O) groups is 1. The summed E-state index contributed by atoms with van der Waals surface area (Å²) in [6, 6.07) is 13.2. The molecule has 4 rings (SSSR count). The summed E-state index contributed by atoms with van der Waals surface area (Å²) < 4.78 is 10.1. The zero-order valence-electron chi connectivity index (χ0n) is 15.1. The van der Waals surface area contributed by atoms with Crippen molar-refractivity contribution in [3.8, 4) is 16.9 Å². The van der Waals surface area contributed by atoms with E-state index in [4.69, 9.17) is 9.47 Å². The summed E-state index contributed by atoms with van der Waals surface area (Å²) >= 11 is 0. The van der Waals surface area contributed by atoms with Crippen LogP contribution in [0.3, 0.4) is 0 Å². The topological polar surface area (TPSA) is 104 Å². The monoisotopic (exact) mass is 378 g/mol. The summed E-state index contributed by atoms with van der Waals surface area (Å²) in [4.78, 5) is 29.8. The number of aliphatic hydroxyl groups is 1. The second kappa shape index (κ2) is 7.21. The van der Waals surface area contributed by atoms with Crippen molar-refractivity contribution in [2.45, 2.75) is 13.5 Å². The van der Waals surface area contributed by atoms with Gasteiger partial charge in [0.15, 0.2) is 5.75 Å². The summed E-state index contributed by atoms with van der Waals surface area (Å²) in [5.41, 5.74) is 3.25. The van der Waals surface area contributed by atoms with Crippen LogP contribution in [0.15, 0.2) is 53.5 Å². The van der Waals surface area contributed by atoms with Gasteiger partial charge in [-0.15, -0.1) is 0 Å². The van der Waals surface area contributed by atoms with E-state index in [1.165, 1.54) is 6.20 Å². The molecule has 7 heteroatoms. The first-order valence-corrected chi connectivity index (χ1v) is 8.82. The largest absolute Gasteiger partial charge is 0.513 e. The Labute approximate surface area is 159 Å². The highest BCUT2D eigenvalue weighted by Crippen LogP contribution is 2.33. The fourth-order valence-electron chi connectivity index (χ4n) is 3.24. The van der Waals surface area contributed by atoms with Crippen molar-refractivity contribution in [1.82, 2.24) is 9.97 Å². The van der Waals surface area contributed by atoms with E-state index in [9.17, 15) is 14.7 Å². The average molecular weight is 378 g/mol. The minimum atomic E-state index is -0.830. The lowest BCUT2D eigenvalue weighted by Crippen LogP contribution is -2.10. The van der Waals surface area contributed by atoms with Crippen molar-refractivity contribution < 1.29 is 19.4 Å². The number of hydrogen-bond donors (Lipinski definition) is 3. The van der Waals surface area contributed by atoms with Crippen molar-refractivity contribution in [3.05, 3.63) is 64.6 Å². The average Bonchev–Trinajstić information content (AvgIpc) is 3.12. The van der Waals surface area contributed by atoms with Crippen LogP contribution in [-0.4, -0.2) is 27.8 Å². The Morgan fingerprint density at radius 1 is 1.14 bits per heavy atom. The molecule has 0 amide bonds. The van der Waals surface area contributed by atoms with Crippen molar-refractivity contribution in [2.24, 2.45) is 0 Å². The minimum Gasteiger partial charge on any atom is -0.434 e. The fraction of sp³-hybridized carbons (Fsp3) is 0.143. The number of H-pyrrole nitrogens is 2. The number of benzene rings is 2. The van der Waals surface area contributed by atoms with E-state index in [1.807, 2.05) is 36.4 Å². The maximum absolute atomic E-state index is 12.4. The van der Waals surface area contributed by atoms with E-state index in [0.29, 0.717) is 16.4 Å². The molecule has 0 saturated carbocycles. The molecule has 3 N–H and O–H groups in total. The Kier molecular flexibility index (Phi) is 4.58. The van der Waals surface area contributed by atoms with Gasteiger partial charge in [-0.25, -0.2) is 4.79 Å². The van der Waals surface area contributed by atoms with Gasteiger partial charge in [0.25, 0.3) is 5.56 Å². The number of carbonyl (C=O) groups excluding carboxylic acids is 1. The number of aromatic nitrogens is 2. The first-order valence-electron chi connectivity index (χ1n) is 8.82. The molecule has 2 heterocycles. The van der Waals surface area contributed by atoms with Gasteiger partial charge in [0.2, 0.25) is 0 Å². The van der Waals surface area contributed by atoms with Gasteiger partial charge in [0, 0.05) is 17.1 Å². The normalized spacial score (nSPS) is 11.1. The van der Waals surface area contributed by atoms with Crippen molar-refractivity contribution >= 4 is 28.0 Å². The van der Waals surface area contributed by atoms with E-state index in [-0.39, 0.29) is 24.5 Å². The third kappa shape index (κ3) is 3.12. The van der Waals surface area contributed by atoms with E-state index in [1.54, 1.807) is 13.0 Å². The second-order valence-corrected chi connectivity index (χ2v) is 6.26. The van der Waals surface area contributed by atoms with Gasteiger partial charge < -0.3 is 24.5 Å². The maximum Gasteiger partial charge on any atom is 0.513 e. The van der Waals surface area contributed by atoms with E-state index >= 15 is 0 Å².